The summed E-state index contributed by atoms with van der Waals surface area (Å²) in [6, 6.07) is 13.4. The number of nitrogens with zero attached hydrogens (tertiary/aromatic N) is 4. The molecular formula is C30H24FN7O2. The number of imidazole rings is 1. The summed E-state index contributed by atoms with van der Waals surface area (Å²) >= 11 is 0. The number of fused-ring (bicyclic) bond motifs is 2. The number of rotatable bonds is 5. The number of amides is 1. The highest BCUT2D eigenvalue weighted by molar-refractivity contribution is 5.98. The number of carbonyl (C=O) groups is 1. The summed E-state index contributed by atoms with van der Waals surface area (Å²) in [4.78, 5) is 29.4. The van der Waals surface area contributed by atoms with Crippen molar-refractivity contribution in [2.75, 3.05) is 5.32 Å². The number of anilines is 1. The molecule has 0 atom stereocenters. The molecule has 1 aliphatic carbocycles. The maximum Gasteiger partial charge on any atom is 0.227 e. The highest BCUT2D eigenvalue weighted by Crippen LogP contribution is 2.34. The second kappa shape index (κ2) is 9.57. The maximum atomic E-state index is 14.0. The Labute approximate surface area is 227 Å². The van der Waals surface area contributed by atoms with Crippen molar-refractivity contribution < 1.29 is 14.3 Å². The van der Waals surface area contributed by atoms with Gasteiger partial charge in [0, 0.05) is 40.9 Å². The van der Waals surface area contributed by atoms with E-state index in [-0.39, 0.29) is 17.6 Å². The third-order valence-electron chi connectivity index (χ3n) is 7.41. The second-order valence-corrected chi connectivity index (χ2v) is 10.1. The van der Waals surface area contributed by atoms with Crippen LogP contribution in [-0.4, -0.2) is 41.1 Å². The first-order valence-corrected chi connectivity index (χ1v) is 13.1. The lowest BCUT2D eigenvalue weighted by Crippen LogP contribution is -2.20. The Morgan fingerprint density at radius 3 is 2.67 bits per heavy atom. The Morgan fingerprint density at radius 1 is 0.950 bits per heavy atom. The van der Waals surface area contributed by atoms with Gasteiger partial charge in [0.1, 0.15) is 22.8 Å². The van der Waals surface area contributed by atoms with Crippen LogP contribution < -0.4 is 5.32 Å². The van der Waals surface area contributed by atoms with E-state index in [0.717, 1.165) is 53.8 Å². The van der Waals surface area contributed by atoms with Crippen LogP contribution in [0.1, 0.15) is 25.7 Å². The van der Waals surface area contributed by atoms with Crippen molar-refractivity contribution in [3.8, 4) is 39.7 Å². The molecule has 2 aromatic carbocycles. The number of H-pyrrole nitrogens is 2. The molecule has 4 aromatic heterocycles. The van der Waals surface area contributed by atoms with Crippen LogP contribution >= 0.6 is 0 Å². The van der Waals surface area contributed by atoms with Gasteiger partial charge in [0.15, 0.2) is 5.82 Å². The number of phenolic OH excluding ortho intramolecular Hbond substituents is 1. The van der Waals surface area contributed by atoms with Crippen LogP contribution in [0.2, 0.25) is 0 Å². The zero-order chi connectivity index (χ0) is 27.2. The Bertz CT molecular complexity index is 1890. The van der Waals surface area contributed by atoms with E-state index in [1.807, 2.05) is 24.3 Å². The summed E-state index contributed by atoms with van der Waals surface area (Å²) in [7, 11) is 0. The van der Waals surface area contributed by atoms with Crippen LogP contribution in [0.4, 0.5) is 10.1 Å². The molecule has 1 amide bonds. The first-order chi connectivity index (χ1) is 19.5. The van der Waals surface area contributed by atoms with E-state index in [4.69, 9.17) is 4.98 Å². The van der Waals surface area contributed by atoms with E-state index in [1.165, 1.54) is 12.1 Å². The molecule has 6 aromatic rings. The van der Waals surface area contributed by atoms with Crippen LogP contribution in [0.15, 0.2) is 67.1 Å². The van der Waals surface area contributed by atoms with Gasteiger partial charge in [0.2, 0.25) is 5.91 Å². The van der Waals surface area contributed by atoms with Gasteiger partial charge in [-0.05, 0) is 54.8 Å². The van der Waals surface area contributed by atoms with E-state index in [9.17, 15) is 14.3 Å². The molecule has 0 aliphatic heterocycles. The number of hydrogen-bond donors (Lipinski definition) is 4. The molecule has 4 N–H and O–H groups in total. The molecule has 4 heterocycles. The number of halogens is 1. The number of hydrogen-bond acceptors (Lipinski definition) is 6. The number of pyridine rings is 2. The van der Waals surface area contributed by atoms with Gasteiger partial charge in [-0.3, -0.25) is 19.9 Å². The number of aromatic hydroxyl groups is 1. The lowest BCUT2D eigenvalue weighted by molar-refractivity contribution is -0.119. The second-order valence-electron chi connectivity index (χ2n) is 10.1. The number of aromatic nitrogens is 6. The van der Waals surface area contributed by atoms with Gasteiger partial charge < -0.3 is 15.4 Å². The van der Waals surface area contributed by atoms with Crippen LogP contribution in [0, 0.1) is 11.7 Å². The minimum Gasteiger partial charge on any atom is -0.508 e. The lowest BCUT2D eigenvalue weighted by atomic mass is 10.0. The van der Waals surface area contributed by atoms with Crippen molar-refractivity contribution in [2.24, 2.45) is 5.92 Å². The van der Waals surface area contributed by atoms with E-state index >= 15 is 0 Å². The Kier molecular flexibility index (Phi) is 5.73. The largest absolute Gasteiger partial charge is 0.508 e. The Balaban J connectivity index is 1.25. The van der Waals surface area contributed by atoms with Crippen molar-refractivity contribution in [3.63, 3.8) is 0 Å². The van der Waals surface area contributed by atoms with Crippen LogP contribution in [0.3, 0.4) is 0 Å². The molecule has 1 fully saturated rings. The van der Waals surface area contributed by atoms with Crippen molar-refractivity contribution in [1.82, 2.24) is 30.1 Å². The summed E-state index contributed by atoms with van der Waals surface area (Å²) in [5.41, 5.74) is 5.97. The fourth-order valence-corrected chi connectivity index (χ4v) is 5.44. The first kappa shape index (κ1) is 24.0. The van der Waals surface area contributed by atoms with E-state index in [1.54, 1.807) is 24.7 Å². The molecule has 0 bridgehead atoms. The molecule has 0 radical (unpaired) electrons. The summed E-state index contributed by atoms with van der Waals surface area (Å²) in [5, 5.41) is 21.3. The maximum absolute atomic E-state index is 14.0. The standard InChI is InChI=1S/C30H24FN7O2/c31-20-9-18(11-22(39)13-20)26-28-25(7-8-33-26)35-29(36-28)27-23-12-17(5-6-24(23)37-38-27)19-10-21(15-32-14-19)34-30(40)16-3-1-2-4-16/h5-16,39H,1-4H2,(H,34,40)(H,35,36)(H,37,38). The molecule has 9 nitrogen and oxygen atoms in total. The Morgan fingerprint density at radius 2 is 1.82 bits per heavy atom. The predicted molar refractivity (Wildman–Crippen MR) is 150 cm³/mol. The van der Waals surface area contributed by atoms with Crippen molar-refractivity contribution in [1.29, 1.82) is 0 Å². The average Bonchev–Trinajstić information content (AvgIpc) is 3.71. The van der Waals surface area contributed by atoms with Crippen molar-refractivity contribution in [2.45, 2.75) is 25.7 Å². The van der Waals surface area contributed by atoms with E-state index in [2.05, 4.69) is 30.5 Å². The summed E-state index contributed by atoms with van der Waals surface area (Å²) in [5.74, 6) is -0.112. The monoisotopic (exact) mass is 533 g/mol. The highest BCUT2D eigenvalue weighted by Gasteiger charge is 2.23. The summed E-state index contributed by atoms with van der Waals surface area (Å²) < 4.78 is 14.0. The smallest absolute Gasteiger partial charge is 0.227 e. The van der Waals surface area contributed by atoms with Crippen molar-refractivity contribution >= 4 is 33.5 Å². The fourth-order valence-electron chi connectivity index (χ4n) is 5.44. The van der Waals surface area contributed by atoms with Crippen LogP contribution in [0.25, 0.3) is 55.8 Å². The molecule has 7 rings (SSSR count). The quantitative estimate of drug-likeness (QED) is 0.208. The number of nitrogens with one attached hydrogen (secondary N) is 3. The summed E-state index contributed by atoms with van der Waals surface area (Å²) in [6.45, 7) is 0. The van der Waals surface area contributed by atoms with Crippen molar-refractivity contribution in [3.05, 3.63) is 72.9 Å². The molecule has 0 saturated heterocycles. The molecule has 0 spiro atoms. The molecule has 1 saturated carbocycles. The molecule has 1 aliphatic rings. The lowest BCUT2D eigenvalue weighted by Gasteiger charge is -2.11. The number of aromatic amines is 2. The van der Waals surface area contributed by atoms with Gasteiger partial charge in [0.25, 0.3) is 0 Å². The molecule has 40 heavy (non-hydrogen) atoms. The molecule has 198 valence electrons. The number of phenols is 1. The van der Waals surface area contributed by atoms with Gasteiger partial charge in [0.05, 0.1) is 28.6 Å². The van der Waals surface area contributed by atoms with Gasteiger partial charge in [-0.2, -0.15) is 5.10 Å². The van der Waals surface area contributed by atoms with Gasteiger partial charge in [-0.15, -0.1) is 0 Å². The number of carbonyl (C=O) groups excluding carboxylic acids is 1. The third kappa shape index (κ3) is 4.33. The van der Waals surface area contributed by atoms with Crippen LogP contribution in [-0.2, 0) is 4.79 Å². The molecular weight excluding hydrogens is 509 g/mol. The summed E-state index contributed by atoms with van der Waals surface area (Å²) in [6.07, 6.45) is 9.09. The number of benzene rings is 2. The zero-order valence-corrected chi connectivity index (χ0v) is 21.3. The SMILES string of the molecule is O=C(Nc1cncc(-c2ccc3[nH]nc(-c4nc5c(-c6cc(O)cc(F)c6)nccc5[nH]4)c3c2)c1)C1CCCC1. The Hall–Kier alpha value is -5.12. The first-order valence-electron chi connectivity index (χ1n) is 13.1. The molecule has 0 unspecified atom stereocenters. The van der Waals surface area contributed by atoms with Gasteiger partial charge in [-0.1, -0.05) is 18.9 Å². The fraction of sp³-hybridized carbons (Fsp3) is 0.167. The predicted octanol–water partition coefficient (Wildman–Crippen LogP) is 6.20. The minimum atomic E-state index is -0.563. The third-order valence-corrected chi connectivity index (χ3v) is 7.41. The average molecular weight is 534 g/mol. The minimum absolute atomic E-state index is 0.0521. The normalized spacial score (nSPS) is 13.8. The van der Waals surface area contributed by atoms with Gasteiger partial charge >= 0.3 is 0 Å². The van der Waals surface area contributed by atoms with E-state index in [0.29, 0.717) is 39.5 Å². The topological polar surface area (TPSA) is 132 Å². The van der Waals surface area contributed by atoms with Crippen LogP contribution in [0.5, 0.6) is 5.75 Å². The highest BCUT2D eigenvalue weighted by atomic mass is 19.1. The molecule has 10 heteroatoms. The van der Waals surface area contributed by atoms with E-state index < -0.39 is 5.82 Å². The zero-order valence-electron chi connectivity index (χ0n) is 21.3. The van der Waals surface area contributed by atoms with Gasteiger partial charge in [-0.25, -0.2) is 9.37 Å².